The maximum absolute atomic E-state index is 9.19. The fourth-order valence-corrected chi connectivity index (χ4v) is 2.09. The van der Waals surface area contributed by atoms with Crippen LogP contribution in [0.1, 0.15) is 13.8 Å². The maximum atomic E-state index is 9.19. The van der Waals surface area contributed by atoms with Gasteiger partial charge in [0, 0.05) is 12.3 Å². The standard InChI is InChI=1S/C15H17ClN4O2/c1-10(2)22-13-8-11(21-3)4-5-12(13)19-14-6-7-18-15(16)20(14)9-17/h4-8,10,15,19H,1-3H3. The summed E-state index contributed by atoms with van der Waals surface area (Å²) in [5.41, 5.74) is -0.0506. The van der Waals surface area contributed by atoms with E-state index in [4.69, 9.17) is 21.1 Å². The van der Waals surface area contributed by atoms with Gasteiger partial charge < -0.3 is 14.8 Å². The smallest absolute Gasteiger partial charge is 0.211 e. The number of halogens is 1. The van der Waals surface area contributed by atoms with Gasteiger partial charge in [-0.1, -0.05) is 11.6 Å². The fraction of sp³-hybridized carbons (Fsp3) is 0.333. The van der Waals surface area contributed by atoms with E-state index in [1.165, 1.54) is 4.90 Å². The van der Waals surface area contributed by atoms with E-state index in [1.54, 1.807) is 25.5 Å². The lowest BCUT2D eigenvalue weighted by Gasteiger charge is -2.26. The second-order valence-electron chi connectivity index (χ2n) is 4.78. The third kappa shape index (κ3) is 3.62. The second-order valence-corrected chi connectivity index (χ2v) is 5.17. The maximum Gasteiger partial charge on any atom is 0.211 e. The van der Waals surface area contributed by atoms with Crippen molar-refractivity contribution in [1.29, 1.82) is 5.26 Å². The number of aliphatic imine (C=N–C) groups is 1. The first-order chi connectivity index (χ1) is 10.5. The van der Waals surface area contributed by atoms with E-state index >= 15 is 0 Å². The normalized spacial score (nSPS) is 17.0. The molecule has 1 aromatic rings. The zero-order chi connectivity index (χ0) is 16.1. The van der Waals surface area contributed by atoms with E-state index in [1.807, 2.05) is 32.2 Å². The monoisotopic (exact) mass is 320 g/mol. The molecule has 0 radical (unpaired) electrons. The van der Waals surface area contributed by atoms with E-state index in [-0.39, 0.29) is 6.10 Å². The average molecular weight is 321 g/mol. The minimum atomic E-state index is -0.759. The molecule has 0 bridgehead atoms. The molecule has 0 saturated heterocycles. The van der Waals surface area contributed by atoms with Gasteiger partial charge in [-0.15, -0.1) is 0 Å². The van der Waals surface area contributed by atoms with Crippen LogP contribution in [0.4, 0.5) is 5.69 Å². The molecule has 0 aliphatic carbocycles. The number of ether oxygens (including phenoxy) is 2. The Bertz CT molecular complexity index is 637. The van der Waals surface area contributed by atoms with Gasteiger partial charge >= 0.3 is 0 Å². The third-order valence-electron chi connectivity index (χ3n) is 2.84. The first kappa shape index (κ1) is 16.0. The third-order valence-corrected chi connectivity index (χ3v) is 3.14. The molecule has 0 amide bonds. The van der Waals surface area contributed by atoms with Gasteiger partial charge in [0.2, 0.25) is 5.62 Å². The van der Waals surface area contributed by atoms with Crippen molar-refractivity contribution in [3.8, 4) is 17.7 Å². The SMILES string of the molecule is COc1ccc(NC2=CC=NC(Cl)N2C#N)c(OC(C)C)c1. The van der Waals surface area contributed by atoms with Crippen LogP contribution in [0.3, 0.4) is 0 Å². The number of nitrogens with one attached hydrogen (secondary N) is 1. The Balaban J connectivity index is 2.30. The van der Waals surface area contributed by atoms with Crippen LogP contribution in [-0.2, 0) is 0 Å². The highest BCUT2D eigenvalue weighted by molar-refractivity contribution is 6.21. The molecule has 0 fully saturated rings. The molecule has 0 saturated carbocycles. The summed E-state index contributed by atoms with van der Waals surface area (Å²) in [6, 6.07) is 5.42. The molecule has 116 valence electrons. The highest BCUT2D eigenvalue weighted by atomic mass is 35.5. The van der Waals surface area contributed by atoms with Gasteiger partial charge in [0.1, 0.15) is 17.3 Å². The van der Waals surface area contributed by atoms with Crippen LogP contribution in [-0.4, -0.2) is 30.0 Å². The summed E-state index contributed by atoms with van der Waals surface area (Å²) in [5, 5.41) is 12.3. The van der Waals surface area contributed by atoms with Gasteiger partial charge in [-0.3, -0.25) is 4.99 Å². The number of nitrogens with zero attached hydrogens (tertiary/aromatic N) is 3. The van der Waals surface area contributed by atoms with Crippen molar-refractivity contribution in [1.82, 2.24) is 4.90 Å². The summed E-state index contributed by atoms with van der Waals surface area (Å²) in [7, 11) is 1.59. The van der Waals surface area contributed by atoms with Crippen LogP contribution >= 0.6 is 11.6 Å². The Kier molecular flexibility index (Phi) is 5.12. The minimum absolute atomic E-state index is 0.00222. The lowest BCUT2D eigenvalue weighted by Crippen LogP contribution is -2.31. The van der Waals surface area contributed by atoms with Crippen molar-refractivity contribution in [2.75, 3.05) is 12.4 Å². The van der Waals surface area contributed by atoms with Crippen LogP contribution in [0.2, 0.25) is 0 Å². The molecule has 1 aliphatic heterocycles. The Labute approximate surface area is 134 Å². The first-order valence-corrected chi connectivity index (χ1v) is 7.17. The molecule has 1 aliphatic rings. The highest BCUT2D eigenvalue weighted by Crippen LogP contribution is 2.32. The van der Waals surface area contributed by atoms with Crippen molar-refractivity contribution in [2.45, 2.75) is 25.6 Å². The Morgan fingerprint density at radius 2 is 2.23 bits per heavy atom. The summed E-state index contributed by atoms with van der Waals surface area (Å²) in [4.78, 5) is 5.22. The largest absolute Gasteiger partial charge is 0.497 e. The summed E-state index contributed by atoms with van der Waals surface area (Å²) in [6.07, 6.45) is 5.23. The van der Waals surface area contributed by atoms with Gasteiger partial charge in [-0.05, 0) is 32.1 Å². The van der Waals surface area contributed by atoms with E-state index in [2.05, 4.69) is 10.3 Å². The molecular weight excluding hydrogens is 304 g/mol. The molecule has 2 rings (SSSR count). The molecule has 1 unspecified atom stereocenters. The first-order valence-electron chi connectivity index (χ1n) is 6.73. The molecule has 1 heterocycles. The predicted molar refractivity (Wildman–Crippen MR) is 86.0 cm³/mol. The molecule has 6 nitrogen and oxygen atoms in total. The Morgan fingerprint density at radius 1 is 1.45 bits per heavy atom. The van der Waals surface area contributed by atoms with Crippen LogP contribution in [0, 0.1) is 11.5 Å². The molecule has 1 N–H and O–H groups in total. The number of hydrogen-bond donors (Lipinski definition) is 1. The molecule has 7 heteroatoms. The van der Waals surface area contributed by atoms with Gasteiger partial charge in [0.05, 0.1) is 18.9 Å². The molecule has 0 spiro atoms. The van der Waals surface area contributed by atoms with Crippen LogP contribution in [0.15, 0.2) is 35.1 Å². The lowest BCUT2D eigenvalue weighted by atomic mass is 10.2. The second kappa shape index (κ2) is 7.05. The van der Waals surface area contributed by atoms with E-state index in [0.29, 0.717) is 23.0 Å². The number of anilines is 1. The summed E-state index contributed by atoms with van der Waals surface area (Å²) >= 11 is 5.99. The summed E-state index contributed by atoms with van der Waals surface area (Å²) < 4.78 is 11.0. The van der Waals surface area contributed by atoms with Gasteiger partial charge in [0.25, 0.3) is 0 Å². The summed E-state index contributed by atoms with van der Waals surface area (Å²) in [6.45, 7) is 3.87. The van der Waals surface area contributed by atoms with Gasteiger partial charge in [0.15, 0.2) is 6.19 Å². The van der Waals surface area contributed by atoms with Crippen LogP contribution in [0.5, 0.6) is 11.5 Å². The van der Waals surface area contributed by atoms with E-state index in [9.17, 15) is 5.26 Å². The van der Waals surface area contributed by atoms with Crippen molar-refractivity contribution in [2.24, 2.45) is 4.99 Å². The number of benzene rings is 1. The Morgan fingerprint density at radius 3 is 2.86 bits per heavy atom. The van der Waals surface area contributed by atoms with E-state index in [0.717, 1.165) is 0 Å². The molecular formula is C15H17ClN4O2. The number of nitriles is 1. The zero-order valence-electron chi connectivity index (χ0n) is 12.6. The zero-order valence-corrected chi connectivity index (χ0v) is 13.3. The van der Waals surface area contributed by atoms with Crippen molar-refractivity contribution in [3.63, 3.8) is 0 Å². The van der Waals surface area contributed by atoms with Crippen molar-refractivity contribution >= 4 is 23.5 Å². The summed E-state index contributed by atoms with van der Waals surface area (Å²) in [5.74, 6) is 1.84. The minimum Gasteiger partial charge on any atom is -0.497 e. The molecule has 0 aromatic heterocycles. The molecule has 1 aromatic carbocycles. The molecule has 22 heavy (non-hydrogen) atoms. The van der Waals surface area contributed by atoms with E-state index < -0.39 is 5.62 Å². The van der Waals surface area contributed by atoms with Crippen molar-refractivity contribution in [3.05, 3.63) is 30.1 Å². The lowest BCUT2D eigenvalue weighted by molar-refractivity contribution is 0.242. The van der Waals surface area contributed by atoms with Crippen LogP contribution < -0.4 is 14.8 Å². The fourth-order valence-electron chi connectivity index (χ4n) is 1.87. The number of methoxy groups -OCH3 is 1. The Hall–Kier alpha value is -2.39. The van der Waals surface area contributed by atoms with Crippen molar-refractivity contribution < 1.29 is 9.47 Å². The average Bonchev–Trinajstić information content (AvgIpc) is 2.48. The predicted octanol–water partition coefficient (Wildman–Crippen LogP) is 3.13. The topological polar surface area (TPSA) is 69.9 Å². The molecule has 1 atom stereocenters. The van der Waals surface area contributed by atoms with Crippen LogP contribution in [0.25, 0.3) is 0 Å². The van der Waals surface area contributed by atoms with Gasteiger partial charge in [-0.25, -0.2) is 4.90 Å². The quantitative estimate of drug-likeness (QED) is 0.513. The number of rotatable bonds is 5. The highest BCUT2D eigenvalue weighted by Gasteiger charge is 2.21. The number of alkyl halides is 1. The number of hydrogen-bond acceptors (Lipinski definition) is 6. The number of allylic oxidation sites excluding steroid dienone is 1. The van der Waals surface area contributed by atoms with Gasteiger partial charge in [-0.2, -0.15) is 5.26 Å².